The van der Waals surface area contributed by atoms with Crippen LogP contribution < -0.4 is 5.32 Å². The van der Waals surface area contributed by atoms with Crippen molar-refractivity contribution in [3.05, 3.63) is 29.8 Å². The summed E-state index contributed by atoms with van der Waals surface area (Å²) in [5.41, 5.74) is 2.30. The molecule has 1 rings (SSSR count). The maximum atomic E-state index is 11.3. The van der Waals surface area contributed by atoms with E-state index in [0.29, 0.717) is 13.0 Å². The average Bonchev–Trinajstić information content (AvgIpc) is 2.20. The molecule has 0 spiro atoms. The lowest BCUT2D eigenvalue weighted by Gasteiger charge is -2.12. The molecule has 1 aromatic rings. The minimum atomic E-state index is 0.149. The fourth-order valence-electron chi connectivity index (χ4n) is 1.30. The van der Waals surface area contributed by atoms with Crippen LogP contribution in [0.1, 0.15) is 12.0 Å². The Balaban J connectivity index is 2.38. The topological polar surface area (TPSA) is 32.3 Å². The van der Waals surface area contributed by atoms with Crippen molar-refractivity contribution in [3.8, 4) is 0 Å². The van der Waals surface area contributed by atoms with Gasteiger partial charge < -0.3 is 10.2 Å². The van der Waals surface area contributed by atoms with E-state index in [1.54, 1.807) is 19.0 Å². The van der Waals surface area contributed by atoms with E-state index in [2.05, 4.69) is 18.3 Å². The van der Waals surface area contributed by atoms with Gasteiger partial charge in [-0.15, -0.1) is 0 Å². The fourth-order valence-corrected chi connectivity index (χ4v) is 1.30. The zero-order chi connectivity index (χ0) is 11.3. The number of anilines is 1. The summed E-state index contributed by atoms with van der Waals surface area (Å²) >= 11 is 0. The van der Waals surface area contributed by atoms with Crippen molar-refractivity contribution in [3.63, 3.8) is 0 Å². The molecule has 1 amide bonds. The molecule has 1 N–H and O–H groups in total. The van der Waals surface area contributed by atoms with E-state index in [0.717, 1.165) is 5.69 Å². The highest BCUT2D eigenvalue weighted by atomic mass is 16.2. The number of nitrogens with one attached hydrogen (secondary N) is 1. The molecule has 1 aromatic carbocycles. The number of rotatable bonds is 4. The zero-order valence-electron chi connectivity index (χ0n) is 9.58. The normalized spacial score (nSPS) is 9.80. The van der Waals surface area contributed by atoms with Gasteiger partial charge in [-0.05, 0) is 18.6 Å². The van der Waals surface area contributed by atoms with E-state index in [1.807, 2.05) is 18.2 Å². The third-order valence-corrected chi connectivity index (χ3v) is 2.30. The molecule has 0 aliphatic rings. The lowest BCUT2D eigenvalue weighted by atomic mass is 10.2. The van der Waals surface area contributed by atoms with Gasteiger partial charge in [0.15, 0.2) is 0 Å². The Bertz CT molecular complexity index is 334. The van der Waals surface area contributed by atoms with Gasteiger partial charge in [-0.25, -0.2) is 0 Å². The molecule has 0 unspecified atom stereocenters. The first-order chi connectivity index (χ1) is 7.11. The number of para-hydroxylation sites is 1. The highest BCUT2D eigenvalue weighted by molar-refractivity contribution is 5.76. The second-order valence-electron chi connectivity index (χ2n) is 3.78. The second kappa shape index (κ2) is 5.39. The maximum absolute atomic E-state index is 11.3. The van der Waals surface area contributed by atoms with Gasteiger partial charge in [0.2, 0.25) is 5.91 Å². The summed E-state index contributed by atoms with van der Waals surface area (Å²) in [4.78, 5) is 12.9. The van der Waals surface area contributed by atoms with E-state index in [-0.39, 0.29) is 5.91 Å². The number of hydrogen-bond acceptors (Lipinski definition) is 2. The molecule has 3 nitrogen and oxygen atoms in total. The second-order valence-corrected chi connectivity index (χ2v) is 3.78. The van der Waals surface area contributed by atoms with Crippen LogP contribution in [0.15, 0.2) is 24.3 Å². The van der Waals surface area contributed by atoms with Crippen LogP contribution in [-0.2, 0) is 4.79 Å². The molecule has 0 aromatic heterocycles. The largest absolute Gasteiger partial charge is 0.384 e. The summed E-state index contributed by atoms with van der Waals surface area (Å²) in [6, 6.07) is 8.07. The molecular formula is C12H18N2O. The third-order valence-electron chi connectivity index (χ3n) is 2.30. The predicted octanol–water partition coefficient (Wildman–Crippen LogP) is 1.89. The fraction of sp³-hybridized carbons (Fsp3) is 0.417. The third kappa shape index (κ3) is 3.62. The Morgan fingerprint density at radius 2 is 2.00 bits per heavy atom. The summed E-state index contributed by atoms with van der Waals surface area (Å²) in [7, 11) is 3.55. The predicted molar refractivity (Wildman–Crippen MR) is 63.0 cm³/mol. The molecule has 0 heterocycles. The van der Waals surface area contributed by atoms with Crippen LogP contribution in [0.4, 0.5) is 5.69 Å². The Morgan fingerprint density at radius 3 is 2.60 bits per heavy atom. The smallest absolute Gasteiger partial charge is 0.223 e. The number of amides is 1. The van der Waals surface area contributed by atoms with Gasteiger partial charge in [-0.1, -0.05) is 18.2 Å². The molecule has 3 heteroatoms. The molecule has 15 heavy (non-hydrogen) atoms. The van der Waals surface area contributed by atoms with E-state index >= 15 is 0 Å². The molecule has 0 atom stereocenters. The highest BCUT2D eigenvalue weighted by Gasteiger charge is 2.03. The number of aryl methyl sites for hydroxylation is 1. The van der Waals surface area contributed by atoms with Crippen molar-refractivity contribution in [1.29, 1.82) is 0 Å². The molecule has 0 fully saturated rings. The number of carbonyl (C=O) groups is 1. The van der Waals surface area contributed by atoms with Crippen LogP contribution in [0.5, 0.6) is 0 Å². The number of nitrogens with zero attached hydrogens (tertiary/aromatic N) is 1. The lowest BCUT2D eigenvalue weighted by Crippen LogP contribution is -2.23. The zero-order valence-corrected chi connectivity index (χ0v) is 9.58. The minimum absolute atomic E-state index is 0.149. The van der Waals surface area contributed by atoms with Crippen molar-refractivity contribution in [2.75, 3.05) is 26.0 Å². The van der Waals surface area contributed by atoms with Gasteiger partial charge in [0.1, 0.15) is 0 Å². The van der Waals surface area contributed by atoms with E-state index in [9.17, 15) is 4.79 Å². The highest BCUT2D eigenvalue weighted by Crippen LogP contribution is 2.12. The van der Waals surface area contributed by atoms with Crippen LogP contribution in [0.2, 0.25) is 0 Å². The van der Waals surface area contributed by atoms with Crippen molar-refractivity contribution in [2.24, 2.45) is 0 Å². The SMILES string of the molecule is Cc1ccccc1NCCC(=O)N(C)C. The average molecular weight is 206 g/mol. The van der Waals surface area contributed by atoms with Crippen molar-refractivity contribution < 1.29 is 4.79 Å². The summed E-state index contributed by atoms with van der Waals surface area (Å²) in [5, 5.41) is 3.25. The van der Waals surface area contributed by atoms with Crippen LogP contribution >= 0.6 is 0 Å². The number of hydrogen-bond donors (Lipinski definition) is 1. The van der Waals surface area contributed by atoms with Gasteiger partial charge in [0.05, 0.1) is 0 Å². The maximum Gasteiger partial charge on any atom is 0.223 e. The molecule has 0 aliphatic heterocycles. The van der Waals surface area contributed by atoms with Crippen molar-refractivity contribution in [2.45, 2.75) is 13.3 Å². The Morgan fingerprint density at radius 1 is 1.33 bits per heavy atom. The Labute approximate surface area is 91.1 Å². The van der Waals surface area contributed by atoms with Crippen molar-refractivity contribution >= 4 is 11.6 Å². The summed E-state index contributed by atoms with van der Waals surface area (Å²) in [6.45, 7) is 2.73. The summed E-state index contributed by atoms with van der Waals surface area (Å²) < 4.78 is 0. The summed E-state index contributed by atoms with van der Waals surface area (Å²) in [5.74, 6) is 0.149. The molecule has 0 saturated carbocycles. The van der Waals surface area contributed by atoms with Gasteiger partial charge in [-0.2, -0.15) is 0 Å². The molecule has 0 bridgehead atoms. The molecule has 0 radical (unpaired) electrons. The first-order valence-electron chi connectivity index (χ1n) is 5.11. The van der Waals surface area contributed by atoms with E-state index in [4.69, 9.17) is 0 Å². The lowest BCUT2D eigenvalue weighted by molar-refractivity contribution is -0.128. The quantitative estimate of drug-likeness (QED) is 0.816. The van der Waals surface area contributed by atoms with Crippen LogP contribution in [0, 0.1) is 6.92 Å². The van der Waals surface area contributed by atoms with Crippen LogP contribution in [0.25, 0.3) is 0 Å². The monoisotopic (exact) mass is 206 g/mol. The number of benzene rings is 1. The van der Waals surface area contributed by atoms with E-state index < -0.39 is 0 Å². The molecular weight excluding hydrogens is 188 g/mol. The first-order valence-corrected chi connectivity index (χ1v) is 5.11. The van der Waals surface area contributed by atoms with Gasteiger partial charge in [0.25, 0.3) is 0 Å². The van der Waals surface area contributed by atoms with Gasteiger partial charge in [-0.3, -0.25) is 4.79 Å². The molecule has 82 valence electrons. The Kier molecular flexibility index (Phi) is 4.16. The standard InChI is InChI=1S/C12H18N2O/c1-10-6-4-5-7-11(10)13-9-8-12(15)14(2)3/h4-7,13H,8-9H2,1-3H3. The summed E-state index contributed by atoms with van der Waals surface area (Å²) in [6.07, 6.45) is 0.529. The van der Waals surface area contributed by atoms with Crippen molar-refractivity contribution in [1.82, 2.24) is 4.90 Å². The van der Waals surface area contributed by atoms with Gasteiger partial charge >= 0.3 is 0 Å². The van der Waals surface area contributed by atoms with Crippen LogP contribution in [-0.4, -0.2) is 31.4 Å². The molecule has 0 aliphatic carbocycles. The minimum Gasteiger partial charge on any atom is -0.384 e. The Hall–Kier alpha value is -1.51. The van der Waals surface area contributed by atoms with E-state index in [1.165, 1.54) is 5.56 Å². The van der Waals surface area contributed by atoms with Gasteiger partial charge in [0, 0.05) is 32.7 Å². The number of carbonyl (C=O) groups excluding carboxylic acids is 1. The van der Waals surface area contributed by atoms with Crippen LogP contribution in [0.3, 0.4) is 0 Å². The molecule has 0 saturated heterocycles. The first kappa shape index (κ1) is 11.6.